The Morgan fingerprint density at radius 2 is 1.94 bits per heavy atom. The summed E-state index contributed by atoms with van der Waals surface area (Å²) in [5, 5.41) is 12.6. The Bertz CT molecular complexity index is 244. The van der Waals surface area contributed by atoms with Gasteiger partial charge in [0.1, 0.15) is 0 Å². The molecule has 0 saturated carbocycles. The Morgan fingerprint density at radius 1 is 1.41 bits per heavy atom. The van der Waals surface area contributed by atoms with E-state index < -0.39 is 11.8 Å². The maximum absolute atomic E-state index is 11.1. The fraction of sp³-hybridized carbons (Fsp3) is 1.00. The van der Waals surface area contributed by atoms with Gasteiger partial charge in [-0.05, 0) is 6.42 Å². The van der Waals surface area contributed by atoms with Crippen molar-refractivity contribution < 1.29 is 14.5 Å². The molecule has 0 radical (unpaired) electrons. The molecule has 0 heterocycles. The highest BCUT2D eigenvalue weighted by Crippen LogP contribution is 2.33. The van der Waals surface area contributed by atoms with E-state index in [9.17, 15) is 10.1 Å². The Morgan fingerprint density at radius 3 is 2.18 bits per heavy atom. The first-order chi connectivity index (χ1) is 7.91. The molecular weight excluding hydrogens is 224 g/mol. The van der Waals surface area contributed by atoms with Crippen molar-refractivity contribution in [3.05, 3.63) is 10.1 Å². The fourth-order valence-electron chi connectivity index (χ4n) is 2.43. The number of rotatable bonds is 8. The van der Waals surface area contributed by atoms with Gasteiger partial charge in [-0.25, -0.2) is 0 Å². The van der Waals surface area contributed by atoms with Gasteiger partial charge in [0, 0.05) is 25.5 Å². The minimum absolute atomic E-state index is 0.238. The number of methoxy groups -OCH3 is 1. The van der Waals surface area contributed by atoms with Gasteiger partial charge in [0.05, 0.1) is 13.0 Å². The minimum Gasteiger partial charge on any atom is -0.361 e. The Balaban J connectivity index is 5.23. The fourth-order valence-corrected chi connectivity index (χ4v) is 2.43. The molecule has 0 bridgehead atoms. The summed E-state index contributed by atoms with van der Waals surface area (Å²) in [7, 11) is 4.82. The molecule has 0 aliphatic heterocycles. The largest absolute Gasteiger partial charge is 0.361 e. The van der Waals surface area contributed by atoms with E-state index in [1.165, 1.54) is 7.11 Å². The van der Waals surface area contributed by atoms with Crippen LogP contribution in [0.15, 0.2) is 0 Å². The highest BCUT2D eigenvalue weighted by atomic mass is 16.7. The molecule has 0 aromatic carbocycles. The van der Waals surface area contributed by atoms with E-state index in [0.29, 0.717) is 12.8 Å². The van der Waals surface area contributed by atoms with E-state index in [0.717, 1.165) is 0 Å². The molecule has 0 N–H and O–H groups in total. The standard InChI is InChI=1S/C11H24N2O4/c1-7-10(13(14)15)9(3)11(8-2,16-5)12(4)17-6/h9-10H,7-8H2,1-6H3/t9-,10-,11?/m1/s1. The van der Waals surface area contributed by atoms with Gasteiger partial charge in [-0.2, -0.15) is 5.06 Å². The van der Waals surface area contributed by atoms with Crippen molar-refractivity contribution in [2.45, 2.75) is 45.4 Å². The molecule has 6 nitrogen and oxygen atoms in total. The van der Waals surface area contributed by atoms with Crippen molar-refractivity contribution in [2.75, 3.05) is 21.3 Å². The monoisotopic (exact) mass is 248 g/mol. The molecule has 0 aliphatic rings. The summed E-state index contributed by atoms with van der Waals surface area (Å²) in [5.41, 5.74) is -0.775. The number of hydrogen-bond acceptors (Lipinski definition) is 5. The number of nitro groups is 1. The molecule has 17 heavy (non-hydrogen) atoms. The average molecular weight is 248 g/mol. The van der Waals surface area contributed by atoms with Gasteiger partial charge in [0.25, 0.3) is 0 Å². The Hall–Kier alpha value is -0.720. The lowest BCUT2D eigenvalue weighted by atomic mass is 9.86. The van der Waals surface area contributed by atoms with Crippen molar-refractivity contribution in [1.82, 2.24) is 5.06 Å². The molecule has 0 aliphatic carbocycles. The summed E-state index contributed by atoms with van der Waals surface area (Å²) < 4.78 is 5.53. The van der Waals surface area contributed by atoms with Gasteiger partial charge in [-0.15, -0.1) is 0 Å². The normalized spacial score (nSPS) is 18.8. The number of hydrogen-bond donors (Lipinski definition) is 0. The van der Waals surface area contributed by atoms with E-state index in [2.05, 4.69) is 0 Å². The third-order valence-electron chi connectivity index (χ3n) is 3.64. The molecule has 102 valence electrons. The lowest BCUT2D eigenvalue weighted by Crippen LogP contribution is -2.56. The second-order valence-electron chi connectivity index (χ2n) is 4.13. The van der Waals surface area contributed by atoms with Crippen LogP contribution in [0.2, 0.25) is 0 Å². The van der Waals surface area contributed by atoms with Crippen LogP contribution in [-0.2, 0) is 9.57 Å². The summed E-state index contributed by atoms with van der Waals surface area (Å²) in [6.45, 7) is 5.58. The predicted octanol–water partition coefficient (Wildman–Crippen LogP) is 1.92. The van der Waals surface area contributed by atoms with Gasteiger partial charge in [-0.3, -0.25) is 15.0 Å². The molecule has 1 unspecified atom stereocenters. The highest BCUT2D eigenvalue weighted by Gasteiger charge is 2.47. The first-order valence-electron chi connectivity index (χ1n) is 5.87. The van der Waals surface area contributed by atoms with E-state index in [1.807, 2.05) is 20.8 Å². The van der Waals surface area contributed by atoms with Crippen LogP contribution in [0.25, 0.3) is 0 Å². The molecule has 0 fully saturated rings. The SMILES string of the molecule is CC[C@H]([C@@H](C)C(CC)(OC)N(C)OC)[N+](=O)[O-]. The zero-order chi connectivity index (χ0) is 13.6. The van der Waals surface area contributed by atoms with Crippen molar-refractivity contribution in [3.63, 3.8) is 0 Å². The lowest BCUT2D eigenvalue weighted by molar-refractivity contribution is -0.542. The number of hydroxylamine groups is 2. The summed E-state index contributed by atoms with van der Waals surface area (Å²) in [5.74, 6) is -0.276. The van der Waals surface area contributed by atoms with Crippen LogP contribution in [0.1, 0.15) is 33.6 Å². The van der Waals surface area contributed by atoms with E-state index in [4.69, 9.17) is 9.57 Å². The minimum atomic E-state index is -0.775. The van der Waals surface area contributed by atoms with E-state index in [1.54, 1.807) is 19.2 Å². The third-order valence-corrected chi connectivity index (χ3v) is 3.64. The lowest BCUT2D eigenvalue weighted by Gasteiger charge is -2.43. The van der Waals surface area contributed by atoms with E-state index in [-0.39, 0.29) is 10.8 Å². The van der Waals surface area contributed by atoms with Crippen LogP contribution in [0.3, 0.4) is 0 Å². The summed E-state index contributed by atoms with van der Waals surface area (Å²) in [6, 6.07) is -0.646. The average Bonchev–Trinajstić information content (AvgIpc) is 2.31. The highest BCUT2D eigenvalue weighted by molar-refractivity contribution is 4.85. The van der Waals surface area contributed by atoms with Crippen LogP contribution < -0.4 is 0 Å². The van der Waals surface area contributed by atoms with Gasteiger partial charge in [-0.1, -0.05) is 20.8 Å². The first kappa shape index (κ1) is 16.3. The summed E-state index contributed by atoms with van der Waals surface area (Å²) >= 11 is 0. The van der Waals surface area contributed by atoms with Crippen LogP contribution in [0.4, 0.5) is 0 Å². The topological polar surface area (TPSA) is 64.8 Å². The van der Waals surface area contributed by atoms with Gasteiger partial charge in [0.15, 0.2) is 5.72 Å². The van der Waals surface area contributed by atoms with Gasteiger partial charge >= 0.3 is 0 Å². The smallest absolute Gasteiger partial charge is 0.219 e. The van der Waals surface area contributed by atoms with Gasteiger partial charge < -0.3 is 4.74 Å². The Labute approximate surface area is 103 Å². The number of nitrogens with zero attached hydrogens (tertiary/aromatic N) is 2. The summed E-state index contributed by atoms with van der Waals surface area (Å²) in [6.07, 6.45) is 1.08. The predicted molar refractivity (Wildman–Crippen MR) is 65.0 cm³/mol. The van der Waals surface area contributed by atoms with E-state index >= 15 is 0 Å². The zero-order valence-corrected chi connectivity index (χ0v) is 11.6. The van der Waals surface area contributed by atoms with Crippen molar-refractivity contribution in [2.24, 2.45) is 5.92 Å². The quantitative estimate of drug-likeness (QED) is 0.373. The second-order valence-corrected chi connectivity index (χ2v) is 4.13. The second kappa shape index (κ2) is 6.88. The van der Waals surface area contributed by atoms with Crippen LogP contribution in [-0.4, -0.2) is 43.0 Å². The zero-order valence-electron chi connectivity index (χ0n) is 11.6. The summed E-state index contributed by atoms with van der Waals surface area (Å²) in [4.78, 5) is 16.0. The molecule has 6 heteroatoms. The van der Waals surface area contributed by atoms with Crippen LogP contribution >= 0.6 is 0 Å². The molecule has 3 atom stereocenters. The van der Waals surface area contributed by atoms with Crippen molar-refractivity contribution in [1.29, 1.82) is 0 Å². The molecule has 0 aromatic rings. The molecule has 0 amide bonds. The Kier molecular flexibility index (Phi) is 6.59. The third kappa shape index (κ3) is 3.14. The van der Waals surface area contributed by atoms with Crippen LogP contribution in [0, 0.1) is 16.0 Å². The molecular formula is C11H24N2O4. The maximum atomic E-state index is 11.1. The van der Waals surface area contributed by atoms with Crippen molar-refractivity contribution in [3.8, 4) is 0 Å². The molecule has 0 spiro atoms. The van der Waals surface area contributed by atoms with Crippen molar-refractivity contribution >= 4 is 0 Å². The molecule has 0 saturated heterocycles. The number of ether oxygens (including phenoxy) is 1. The van der Waals surface area contributed by atoms with Gasteiger partial charge in [0.2, 0.25) is 6.04 Å². The van der Waals surface area contributed by atoms with Crippen LogP contribution in [0.5, 0.6) is 0 Å². The molecule has 0 rings (SSSR count). The first-order valence-corrected chi connectivity index (χ1v) is 5.87. The molecule has 0 aromatic heterocycles. The maximum Gasteiger partial charge on any atom is 0.219 e.